The van der Waals surface area contributed by atoms with Crippen molar-refractivity contribution in [2.75, 3.05) is 42.0 Å². The van der Waals surface area contributed by atoms with Crippen LogP contribution in [-0.2, 0) is 20.4 Å². The molecule has 4 heterocycles. The van der Waals surface area contributed by atoms with E-state index in [4.69, 9.17) is 4.74 Å². The van der Waals surface area contributed by atoms with Gasteiger partial charge in [-0.15, -0.1) is 0 Å². The van der Waals surface area contributed by atoms with Crippen LogP contribution in [0, 0.1) is 11.3 Å². The predicted molar refractivity (Wildman–Crippen MR) is 172 cm³/mol. The number of hydrogen-bond acceptors (Lipinski definition) is 10. The van der Waals surface area contributed by atoms with Gasteiger partial charge in [0.05, 0.1) is 29.4 Å². The van der Waals surface area contributed by atoms with Gasteiger partial charge < -0.3 is 9.64 Å². The van der Waals surface area contributed by atoms with Gasteiger partial charge >= 0.3 is 0 Å². The van der Waals surface area contributed by atoms with Crippen molar-refractivity contribution in [2.24, 2.45) is 0 Å². The smallest absolute Gasteiger partial charge is 0.273 e. The molecule has 3 aromatic carbocycles. The Balaban J connectivity index is 1.46. The molecular weight excluding hydrogens is 602 g/mol. The van der Waals surface area contributed by atoms with Crippen LogP contribution in [0.3, 0.4) is 0 Å². The Bertz CT molecular complexity index is 2110. The molecule has 12 heteroatoms. The molecule has 0 bridgehead atoms. The summed E-state index contributed by atoms with van der Waals surface area (Å²) in [4.78, 5) is 32.2. The number of carbonyl (C=O) groups is 1. The fraction of sp³-hybridized carbons (Fsp3) is 0.206. The highest BCUT2D eigenvalue weighted by Crippen LogP contribution is 2.53. The van der Waals surface area contributed by atoms with E-state index < -0.39 is 21.5 Å². The van der Waals surface area contributed by atoms with Crippen LogP contribution >= 0.6 is 0 Å². The average Bonchev–Trinajstić information content (AvgIpc) is 3.37. The Labute approximate surface area is 266 Å². The molecule has 0 saturated carbocycles. The summed E-state index contributed by atoms with van der Waals surface area (Å²) in [5.41, 5.74) is 0.0191. The molecule has 230 valence electrons. The molecule has 0 aliphatic carbocycles. The number of sulfonamides is 1. The number of ether oxygens (including phenoxy) is 1. The van der Waals surface area contributed by atoms with Crippen molar-refractivity contribution in [2.45, 2.75) is 17.4 Å². The quantitative estimate of drug-likeness (QED) is 0.259. The van der Waals surface area contributed by atoms with E-state index in [9.17, 15) is 13.7 Å². The van der Waals surface area contributed by atoms with Crippen molar-refractivity contribution < 1.29 is 17.9 Å². The van der Waals surface area contributed by atoms with Crippen LogP contribution in [0.25, 0.3) is 10.9 Å². The molecule has 0 spiro atoms. The first kappa shape index (κ1) is 29.3. The standard InChI is InChI=1S/C34H29N7O4S/c1-2-45-29-10-4-3-9-26(29)34(40-19-17-39(18-20-40)31-14-16-36-23-38-31)27-21-24(22-35)12-13-28(27)41(33(34)42)46(43,44)30-11-5-7-25-8-6-15-37-32(25)30/h3-16,21,23H,2,17-20H2,1H3. The third-order valence-electron chi connectivity index (χ3n) is 8.56. The van der Waals surface area contributed by atoms with Gasteiger partial charge in [-0.25, -0.2) is 22.7 Å². The maximum absolute atomic E-state index is 15.4. The number of nitriles is 1. The van der Waals surface area contributed by atoms with Crippen molar-refractivity contribution in [1.82, 2.24) is 19.9 Å². The lowest BCUT2D eigenvalue weighted by Crippen LogP contribution is -2.60. The SMILES string of the molecule is CCOc1ccccc1C1(N2CCN(c3ccncn3)CC2)C(=O)N(S(=O)(=O)c2cccc3cccnc23)c2ccc(C#N)cc21. The zero-order valence-electron chi connectivity index (χ0n) is 24.9. The zero-order chi connectivity index (χ0) is 31.9. The number of anilines is 2. The second-order valence-electron chi connectivity index (χ2n) is 10.9. The van der Waals surface area contributed by atoms with E-state index >= 15 is 4.79 Å². The number of rotatable bonds is 7. The fourth-order valence-corrected chi connectivity index (χ4v) is 8.22. The molecule has 1 fully saturated rings. The number of pyridine rings is 1. The Hall–Kier alpha value is -5.38. The van der Waals surface area contributed by atoms with Crippen LogP contribution in [0.15, 0.2) is 102 Å². The van der Waals surface area contributed by atoms with Gasteiger partial charge in [0, 0.05) is 55.1 Å². The number of benzene rings is 3. The maximum Gasteiger partial charge on any atom is 0.273 e. The summed E-state index contributed by atoms with van der Waals surface area (Å²) in [6.45, 7) is 3.97. The van der Waals surface area contributed by atoms with Crippen molar-refractivity contribution in [3.05, 3.63) is 114 Å². The van der Waals surface area contributed by atoms with Gasteiger partial charge in [-0.05, 0) is 49.4 Å². The van der Waals surface area contributed by atoms with Gasteiger partial charge in [-0.3, -0.25) is 14.7 Å². The van der Waals surface area contributed by atoms with E-state index in [0.717, 1.165) is 10.1 Å². The lowest BCUT2D eigenvalue weighted by molar-refractivity contribution is -0.127. The second kappa shape index (κ2) is 11.5. The van der Waals surface area contributed by atoms with Crippen LogP contribution in [-0.4, -0.2) is 67.0 Å². The van der Waals surface area contributed by atoms with Crippen LogP contribution in [0.4, 0.5) is 11.5 Å². The van der Waals surface area contributed by atoms with E-state index in [1.54, 1.807) is 54.7 Å². The van der Waals surface area contributed by atoms with E-state index in [1.807, 2.05) is 30.0 Å². The zero-order valence-corrected chi connectivity index (χ0v) is 25.8. The van der Waals surface area contributed by atoms with Crippen molar-refractivity contribution in [1.29, 1.82) is 5.26 Å². The first-order valence-electron chi connectivity index (χ1n) is 14.9. The molecule has 1 unspecified atom stereocenters. The van der Waals surface area contributed by atoms with Crippen LogP contribution in [0.5, 0.6) is 5.75 Å². The lowest BCUT2D eigenvalue weighted by Gasteiger charge is -2.45. The van der Waals surface area contributed by atoms with Gasteiger partial charge in [0.25, 0.3) is 15.9 Å². The van der Waals surface area contributed by atoms with Gasteiger partial charge in [-0.2, -0.15) is 5.26 Å². The third kappa shape index (κ3) is 4.47. The summed E-state index contributed by atoms with van der Waals surface area (Å²) in [6.07, 6.45) is 4.70. The number of hydrogen-bond donors (Lipinski definition) is 0. The fourth-order valence-electron chi connectivity index (χ4n) is 6.59. The molecule has 11 nitrogen and oxygen atoms in total. The Morgan fingerprint density at radius 2 is 1.72 bits per heavy atom. The number of aromatic nitrogens is 3. The minimum Gasteiger partial charge on any atom is -0.493 e. The minimum absolute atomic E-state index is 0.0864. The third-order valence-corrected chi connectivity index (χ3v) is 10.3. The summed E-state index contributed by atoms with van der Waals surface area (Å²) in [6, 6.07) is 24.3. The summed E-state index contributed by atoms with van der Waals surface area (Å²) >= 11 is 0. The monoisotopic (exact) mass is 631 g/mol. The lowest BCUT2D eigenvalue weighted by atomic mass is 9.80. The summed E-state index contributed by atoms with van der Waals surface area (Å²) in [5, 5.41) is 10.6. The summed E-state index contributed by atoms with van der Waals surface area (Å²) in [5.74, 6) is 0.542. The van der Waals surface area contributed by atoms with E-state index in [-0.39, 0.29) is 16.1 Å². The summed E-state index contributed by atoms with van der Waals surface area (Å²) in [7, 11) is -4.50. The number of amides is 1. The molecule has 0 N–H and O–H groups in total. The molecular formula is C34H29N7O4S. The van der Waals surface area contributed by atoms with E-state index in [1.165, 1.54) is 24.7 Å². The van der Waals surface area contributed by atoms with Crippen LogP contribution in [0.2, 0.25) is 0 Å². The molecule has 1 saturated heterocycles. The normalized spacial score (nSPS) is 18.4. The van der Waals surface area contributed by atoms with Gasteiger partial charge in [0.2, 0.25) is 0 Å². The van der Waals surface area contributed by atoms with Gasteiger partial charge in [-0.1, -0.05) is 36.4 Å². The Kier molecular flexibility index (Phi) is 7.35. The molecule has 7 rings (SSSR count). The predicted octanol–water partition coefficient (Wildman–Crippen LogP) is 4.10. The number of fused-ring (bicyclic) bond motifs is 2. The molecule has 2 aliphatic heterocycles. The highest BCUT2D eigenvalue weighted by atomic mass is 32.2. The average molecular weight is 632 g/mol. The van der Waals surface area contributed by atoms with Gasteiger partial charge in [0.15, 0.2) is 5.54 Å². The van der Waals surface area contributed by atoms with Crippen LogP contribution in [0.1, 0.15) is 23.6 Å². The molecule has 1 amide bonds. The maximum atomic E-state index is 15.4. The minimum atomic E-state index is -4.50. The molecule has 46 heavy (non-hydrogen) atoms. The number of para-hydroxylation sites is 2. The number of carbonyl (C=O) groups excluding carboxylic acids is 1. The van der Waals surface area contributed by atoms with Crippen LogP contribution < -0.4 is 13.9 Å². The number of nitrogens with zero attached hydrogens (tertiary/aromatic N) is 7. The highest BCUT2D eigenvalue weighted by Gasteiger charge is 2.60. The first-order chi connectivity index (χ1) is 22.4. The topological polar surface area (TPSA) is 133 Å². The van der Waals surface area contributed by atoms with Crippen molar-refractivity contribution in [3.63, 3.8) is 0 Å². The molecule has 2 aliphatic rings. The Morgan fingerprint density at radius 1 is 0.913 bits per heavy atom. The molecule has 5 aromatic rings. The highest BCUT2D eigenvalue weighted by molar-refractivity contribution is 7.93. The largest absolute Gasteiger partial charge is 0.493 e. The molecule has 2 aromatic heterocycles. The van der Waals surface area contributed by atoms with Gasteiger partial charge in [0.1, 0.15) is 22.8 Å². The second-order valence-corrected chi connectivity index (χ2v) is 12.7. The van der Waals surface area contributed by atoms with Crippen molar-refractivity contribution >= 4 is 38.3 Å². The van der Waals surface area contributed by atoms with Crippen molar-refractivity contribution in [3.8, 4) is 11.8 Å². The summed E-state index contributed by atoms with van der Waals surface area (Å²) < 4.78 is 36.5. The Morgan fingerprint density at radius 3 is 2.48 bits per heavy atom. The van der Waals surface area contributed by atoms with E-state index in [0.29, 0.717) is 60.6 Å². The van der Waals surface area contributed by atoms with E-state index in [2.05, 4.69) is 25.9 Å². The molecule has 1 atom stereocenters. The first-order valence-corrected chi connectivity index (χ1v) is 16.3. The number of piperazine rings is 1. The molecule has 0 radical (unpaired) electrons.